The van der Waals surface area contributed by atoms with Crippen LogP contribution in [-0.2, 0) is 19.3 Å². The van der Waals surface area contributed by atoms with E-state index in [1.165, 1.54) is 84.4 Å². The molecule has 0 atom stereocenters. The minimum absolute atomic E-state index is 0.893. The van der Waals surface area contributed by atoms with Gasteiger partial charge in [-0.05, 0) is 113 Å². The molecule has 3 nitrogen and oxygen atoms in total. The van der Waals surface area contributed by atoms with Crippen molar-refractivity contribution in [2.24, 2.45) is 0 Å². The summed E-state index contributed by atoms with van der Waals surface area (Å²) in [6, 6.07) is 70.8. The smallest absolute Gasteiger partial charge is 0.143 e. The van der Waals surface area contributed by atoms with Crippen molar-refractivity contribution in [2.45, 2.75) is 40.0 Å². The fourth-order valence-corrected chi connectivity index (χ4v) is 15.1. The Hall–Kier alpha value is -7.74. The lowest BCUT2D eigenvalue weighted by Gasteiger charge is -2.08. The topological polar surface area (TPSA) is 31.2 Å². The van der Waals surface area contributed by atoms with E-state index in [0.29, 0.717) is 0 Å². The molecule has 0 spiro atoms. The number of para-hydroxylation sites is 5. The average Bonchev–Trinajstić information content (AvgIpc) is 4.31. The third kappa shape index (κ3) is 6.88. The van der Waals surface area contributed by atoms with Crippen molar-refractivity contribution in [2.75, 3.05) is 0 Å². The second-order valence-corrected chi connectivity index (χ2v) is 21.9. The number of furan rings is 2. The van der Waals surface area contributed by atoms with Crippen LogP contribution in [0.4, 0.5) is 0 Å². The van der Waals surface area contributed by atoms with Gasteiger partial charge in [0.2, 0.25) is 0 Å². The third-order valence-corrected chi connectivity index (χ3v) is 18.7. The molecule has 0 bridgehead atoms. The van der Waals surface area contributed by atoms with Gasteiger partial charge >= 0.3 is 0 Å². The molecule has 0 N–H and O–H groups in total. The molecule has 6 aromatic heterocycles. The monoisotopic (exact) mass is 981 g/mol. The Morgan fingerprint density at radius 2 is 0.792 bits per heavy atom. The minimum atomic E-state index is 0.893. The van der Waals surface area contributed by atoms with Crippen LogP contribution >= 0.6 is 34.0 Å². The Morgan fingerprint density at radius 3 is 1.39 bits per heavy atom. The zero-order chi connectivity index (χ0) is 48.0. The number of aromatic nitrogens is 1. The van der Waals surface area contributed by atoms with E-state index < -0.39 is 0 Å². The van der Waals surface area contributed by atoms with Crippen molar-refractivity contribution in [3.8, 4) is 68.3 Å². The number of nitrogens with zero attached hydrogens (tertiary/aromatic N) is 1. The highest BCUT2D eigenvalue weighted by Crippen LogP contribution is 2.49. The maximum Gasteiger partial charge on any atom is 0.143 e. The Labute approximate surface area is 429 Å². The predicted molar refractivity (Wildman–Crippen MR) is 310 cm³/mol. The van der Waals surface area contributed by atoms with Crippen LogP contribution in [0.3, 0.4) is 0 Å². The van der Waals surface area contributed by atoms with E-state index in [4.69, 9.17) is 8.83 Å². The van der Waals surface area contributed by atoms with E-state index in [1.54, 1.807) is 0 Å². The van der Waals surface area contributed by atoms with Crippen molar-refractivity contribution >= 4 is 99.7 Å². The molecule has 14 aromatic rings. The van der Waals surface area contributed by atoms with E-state index in [2.05, 4.69) is 213 Å². The number of fused-ring (bicyclic) bond motifs is 9. The lowest BCUT2D eigenvalue weighted by Crippen LogP contribution is -1.93. The Balaban J connectivity index is 0.756. The number of hydrogen-bond acceptors (Lipinski definition) is 5. The molecule has 6 heterocycles. The van der Waals surface area contributed by atoms with Crippen LogP contribution < -0.4 is 0 Å². The molecule has 0 unspecified atom stereocenters. The van der Waals surface area contributed by atoms with E-state index in [9.17, 15) is 0 Å². The maximum atomic E-state index is 6.70. The molecule has 0 aliphatic rings. The SMILES string of the molecule is CCc1cc(-c2sc(-c3sc(-c4ccc(-c5cccc6c5oc5ccc(-n7c8ccccc8c8ccccc87)cc56)cc4)cc3CC)cc2CC)sc1-c1ccc(-c2cccc3c2oc2ccccc23)cc1. The highest BCUT2D eigenvalue weighted by molar-refractivity contribution is 7.28. The van der Waals surface area contributed by atoms with E-state index in [0.717, 1.165) is 85.5 Å². The highest BCUT2D eigenvalue weighted by Gasteiger charge is 2.22. The van der Waals surface area contributed by atoms with Crippen LogP contribution in [-0.4, -0.2) is 4.57 Å². The molecule has 0 saturated carbocycles. The fraction of sp³-hybridized carbons (Fsp3) is 0.0909. The van der Waals surface area contributed by atoms with Crippen molar-refractivity contribution in [1.29, 1.82) is 0 Å². The number of thiophene rings is 3. The zero-order valence-electron chi connectivity index (χ0n) is 40.1. The van der Waals surface area contributed by atoms with E-state index >= 15 is 0 Å². The van der Waals surface area contributed by atoms with Crippen LogP contribution in [0.5, 0.6) is 0 Å². The Kier molecular flexibility index (Phi) is 10.3. The second-order valence-electron chi connectivity index (χ2n) is 18.7. The zero-order valence-corrected chi connectivity index (χ0v) is 42.5. The first-order chi connectivity index (χ1) is 35.5. The molecule has 0 saturated heterocycles. The van der Waals surface area contributed by atoms with Gasteiger partial charge in [0.25, 0.3) is 0 Å². The largest absolute Gasteiger partial charge is 0.455 e. The van der Waals surface area contributed by atoms with Gasteiger partial charge in [0.1, 0.15) is 22.3 Å². The molecule has 72 heavy (non-hydrogen) atoms. The summed E-state index contributed by atoms with van der Waals surface area (Å²) in [6.45, 7) is 6.86. The van der Waals surface area contributed by atoms with Gasteiger partial charge in [-0.3, -0.25) is 0 Å². The summed E-state index contributed by atoms with van der Waals surface area (Å²) < 4.78 is 15.5. The van der Waals surface area contributed by atoms with Gasteiger partial charge in [-0.2, -0.15) is 0 Å². The van der Waals surface area contributed by atoms with Crippen LogP contribution in [0, 0.1) is 0 Å². The molecular formula is C66H47NO2S3. The summed E-state index contributed by atoms with van der Waals surface area (Å²) in [5.41, 5.74) is 18.5. The summed E-state index contributed by atoms with van der Waals surface area (Å²) in [7, 11) is 0. The normalized spacial score (nSPS) is 12.0. The molecule has 0 amide bonds. The van der Waals surface area contributed by atoms with Gasteiger partial charge in [-0.15, -0.1) is 34.0 Å². The van der Waals surface area contributed by atoms with Crippen molar-refractivity contribution in [1.82, 2.24) is 4.57 Å². The first-order valence-electron chi connectivity index (χ1n) is 25.0. The van der Waals surface area contributed by atoms with Gasteiger partial charge in [0, 0.05) is 78.4 Å². The molecule has 0 aliphatic carbocycles. The van der Waals surface area contributed by atoms with Crippen LogP contribution in [0.1, 0.15) is 37.5 Å². The van der Waals surface area contributed by atoms with Gasteiger partial charge < -0.3 is 13.4 Å². The maximum absolute atomic E-state index is 6.70. The van der Waals surface area contributed by atoms with E-state index in [1.807, 2.05) is 40.1 Å². The second kappa shape index (κ2) is 17.2. The summed E-state index contributed by atoms with van der Waals surface area (Å²) in [5.74, 6) is 0. The lowest BCUT2D eigenvalue weighted by atomic mass is 10.00. The third-order valence-electron chi connectivity index (χ3n) is 14.7. The molecular weight excluding hydrogens is 935 g/mol. The summed E-state index contributed by atoms with van der Waals surface area (Å²) in [5, 5.41) is 7.08. The van der Waals surface area contributed by atoms with Crippen LogP contribution in [0.15, 0.2) is 203 Å². The first-order valence-corrected chi connectivity index (χ1v) is 27.4. The van der Waals surface area contributed by atoms with Crippen LogP contribution in [0.2, 0.25) is 0 Å². The first kappa shape index (κ1) is 43.1. The summed E-state index contributed by atoms with van der Waals surface area (Å²) in [4.78, 5) is 8.16. The quantitative estimate of drug-likeness (QED) is 0.137. The minimum Gasteiger partial charge on any atom is -0.455 e. The highest BCUT2D eigenvalue weighted by atomic mass is 32.1. The number of rotatable bonds is 10. The van der Waals surface area contributed by atoms with Crippen LogP contribution in [0.25, 0.3) is 134 Å². The number of benzene rings is 8. The molecule has 0 aliphatic heterocycles. The fourth-order valence-electron chi connectivity index (χ4n) is 11.0. The van der Waals surface area contributed by atoms with Crippen molar-refractivity contribution in [3.05, 3.63) is 211 Å². The van der Waals surface area contributed by atoms with E-state index in [-0.39, 0.29) is 0 Å². The molecule has 0 fully saturated rings. The summed E-state index contributed by atoms with van der Waals surface area (Å²) >= 11 is 5.82. The molecule has 14 rings (SSSR count). The van der Waals surface area contributed by atoms with Gasteiger partial charge in [0.15, 0.2) is 0 Å². The van der Waals surface area contributed by atoms with Crippen molar-refractivity contribution < 1.29 is 8.83 Å². The standard InChI is InChI=1S/C66H47NO2S3/c1-4-39-36-60(71-64(39)45-31-27-43(28-32-45)47-18-13-20-52-51-17-9-12-24-57(51)68-62(47)52)66-41(6-3)37-61(72-66)65-40(5-2)35-59(70-65)44-29-25-42(26-30-44)48-19-14-21-53-54-38-46(33-34-58(54)69-63(48)53)67-55-22-10-7-15-49(55)50-16-8-11-23-56(50)67/h7-38H,4-6H2,1-3H3. The number of hydrogen-bond donors (Lipinski definition) is 0. The molecule has 8 aromatic carbocycles. The van der Waals surface area contributed by atoms with Gasteiger partial charge in [-0.1, -0.05) is 160 Å². The van der Waals surface area contributed by atoms with Crippen molar-refractivity contribution in [3.63, 3.8) is 0 Å². The Bertz CT molecular complexity index is 4340. The summed E-state index contributed by atoms with van der Waals surface area (Å²) in [6.07, 6.45) is 2.96. The predicted octanol–water partition coefficient (Wildman–Crippen LogP) is 20.5. The molecule has 346 valence electrons. The number of aryl methyl sites for hydroxylation is 3. The average molecular weight is 982 g/mol. The Morgan fingerprint density at radius 1 is 0.347 bits per heavy atom. The van der Waals surface area contributed by atoms with Gasteiger partial charge in [-0.25, -0.2) is 0 Å². The molecule has 6 heteroatoms. The molecule has 0 radical (unpaired) electrons. The van der Waals surface area contributed by atoms with Gasteiger partial charge in [0.05, 0.1) is 11.0 Å². The lowest BCUT2D eigenvalue weighted by molar-refractivity contribution is 0.669.